The quantitative estimate of drug-likeness (QED) is 0.874. The molecule has 0 aliphatic carbocycles. The number of phenolic OH excluding ortho intramolecular Hbond substituents is 1. The molecule has 2 N–H and O–H groups in total. The number of hydrogen-bond donors (Lipinski definition) is 2. The molecule has 0 bridgehead atoms. The third-order valence-corrected chi connectivity index (χ3v) is 3.41. The molecule has 1 unspecified atom stereocenters. The van der Waals surface area contributed by atoms with Crippen molar-refractivity contribution in [1.29, 1.82) is 0 Å². The maximum absolute atomic E-state index is 13.1. The first-order chi connectivity index (χ1) is 8.66. The van der Waals surface area contributed by atoms with E-state index in [1.165, 1.54) is 18.2 Å². The fraction of sp³-hybridized carbons (Fsp3) is 0.308. The van der Waals surface area contributed by atoms with Crippen molar-refractivity contribution in [2.75, 3.05) is 6.54 Å². The van der Waals surface area contributed by atoms with Gasteiger partial charge in [0.05, 0.1) is 11.2 Å². The Kier molecular flexibility index (Phi) is 4.28. The van der Waals surface area contributed by atoms with E-state index in [-0.39, 0.29) is 17.6 Å². The van der Waals surface area contributed by atoms with Gasteiger partial charge in [-0.1, -0.05) is 0 Å². The van der Waals surface area contributed by atoms with Gasteiger partial charge in [-0.25, -0.2) is 9.37 Å². The van der Waals surface area contributed by atoms with Crippen molar-refractivity contribution in [3.63, 3.8) is 0 Å². The minimum Gasteiger partial charge on any atom is -0.508 e. The number of halogens is 1. The van der Waals surface area contributed by atoms with Crippen molar-refractivity contribution in [2.24, 2.45) is 0 Å². The molecular formula is C13H15FN2OS. The lowest BCUT2D eigenvalue weighted by Crippen LogP contribution is -2.21. The second-order valence-electron chi connectivity index (χ2n) is 4.11. The first kappa shape index (κ1) is 13.0. The minimum absolute atomic E-state index is 0.0978. The van der Waals surface area contributed by atoms with Crippen molar-refractivity contribution < 1.29 is 9.50 Å². The Morgan fingerprint density at radius 2 is 2.33 bits per heavy atom. The Morgan fingerprint density at radius 3 is 3.06 bits per heavy atom. The molecular weight excluding hydrogens is 251 g/mol. The standard InChI is InChI=1S/C13H15FN2OS/c1-9(12-6-10(14)2-3-13(12)17)15-5-4-11-7-18-8-16-11/h2-3,6-9,15,17H,4-5H2,1H3. The molecule has 96 valence electrons. The van der Waals surface area contributed by atoms with E-state index in [0.29, 0.717) is 5.56 Å². The van der Waals surface area contributed by atoms with Crippen LogP contribution in [0.1, 0.15) is 24.2 Å². The maximum Gasteiger partial charge on any atom is 0.123 e. The summed E-state index contributed by atoms with van der Waals surface area (Å²) in [7, 11) is 0. The first-order valence-corrected chi connectivity index (χ1v) is 6.70. The molecule has 0 saturated carbocycles. The van der Waals surface area contributed by atoms with E-state index < -0.39 is 0 Å². The van der Waals surface area contributed by atoms with E-state index in [9.17, 15) is 9.50 Å². The normalized spacial score (nSPS) is 12.6. The molecule has 2 aromatic rings. The van der Waals surface area contributed by atoms with Gasteiger partial charge in [0.1, 0.15) is 11.6 Å². The van der Waals surface area contributed by atoms with Crippen molar-refractivity contribution in [1.82, 2.24) is 10.3 Å². The molecule has 0 spiro atoms. The van der Waals surface area contributed by atoms with Crippen LogP contribution in [-0.2, 0) is 6.42 Å². The van der Waals surface area contributed by atoms with Crippen LogP contribution in [0.15, 0.2) is 29.1 Å². The van der Waals surface area contributed by atoms with Gasteiger partial charge in [-0.05, 0) is 25.1 Å². The number of thiazole rings is 1. The molecule has 0 fully saturated rings. The van der Waals surface area contributed by atoms with Gasteiger partial charge in [-0.2, -0.15) is 0 Å². The molecule has 0 aliphatic rings. The molecule has 0 amide bonds. The third kappa shape index (κ3) is 3.27. The predicted molar refractivity (Wildman–Crippen MR) is 70.3 cm³/mol. The zero-order valence-corrected chi connectivity index (χ0v) is 10.9. The average Bonchev–Trinajstić information content (AvgIpc) is 2.85. The summed E-state index contributed by atoms with van der Waals surface area (Å²) in [6.07, 6.45) is 0.823. The van der Waals surface area contributed by atoms with Gasteiger partial charge in [0.25, 0.3) is 0 Å². The fourth-order valence-corrected chi connectivity index (χ4v) is 2.35. The van der Waals surface area contributed by atoms with Crippen molar-refractivity contribution in [3.05, 3.63) is 46.2 Å². The van der Waals surface area contributed by atoms with Gasteiger partial charge in [0, 0.05) is 30.0 Å². The van der Waals surface area contributed by atoms with Crippen LogP contribution in [-0.4, -0.2) is 16.6 Å². The summed E-state index contributed by atoms with van der Waals surface area (Å²) in [5.41, 5.74) is 3.42. The third-order valence-electron chi connectivity index (χ3n) is 2.77. The van der Waals surface area contributed by atoms with E-state index in [1.54, 1.807) is 16.8 Å². The zero-order valence-electron chi connectivity index (χ0n) is 10.1. The predicted octanol–water partition coefficient (Wildman–Crippen LogP) is 2.88. The Balaban J connectivity index is 1.91. The number of nitrogens with one attached hydrogen (secondary N) is 1. The highest BCUT2D eigenvalue weighted by molar-refractivity contribution is 7.07. The van der Waals surface area contributed by atoms with Gasteiger partial charge in [-0.3, -0.25) is 0 Å². The second kappa shape index (κ2) is 5.93. The van der Waals surface area contributed by atoms with Crippen molar-refractivity contribution in [3.8, 4) is 5.75 Å². The Hall–Kier alpha value is -1.46. The van der Waals surface area contributed by atoms with Gasteiger partial charge in [-0.15, -0.1) is 11.3 Å². The van der Waals surface area contributed by atoms with E-state index in [0.717, 1.165) is 18.7 Å². The molecule has 0 aliphatic heterocycles. The van der Waals surface area contributed by atoms with Crippen LogP contribution < -0.4 is 5.32 Å². The Bertz CT molecular complexity index is 502. The Morgan fingerprint density at radius 1 is 1.50 bits per heavy atom. The van der Waals surface area contributed by atoms with E-state index in [1.807, 2.05) is 12.3 Å². The lowest BCUT2D eigenvalue weighted by molar-refractivity contribution is 0.449. The largest absolute Gasteiger partial charge is 0.508 e. The topological polar surface area (TPSA) is 45.2 Å². The monoisotopic (exact) mass is 266 g/mol. The molecule has 1 heterocycles. The van der Waals surface area contributed by atoms with Gasteiger partial charge in [0.15, 0.2) is 0 Å². The van der Waals surface area contributed by atoms with E-state index >= 15 is 0 Å². The fourth-order valence-electron chi connectivity index (χ4n) is 1.76. The maximum atomic E-state index is 13.1. The lowest BCUT2D eigenvalue weighted by Gasteiger charge is -2.15. The first-order valence-electron chi connectivity index (χ1n) is 5.75. The minimum atomic E-state index is -0.337. The highest BCUT2D eigenvalue weighted by atomic mass is 32.1. The summed E-state index contributed by atoms with van der Waals surface area (Å²) in [5.74, 6) is -0.221. The van der Waals surface area contributed by atoms with Crippen molar-refractivity contribution >= 4 is 11.3 Å². The molecule has 0 saturated heterocycles. The summed E-state index contributed by atoms with van der Waals surface area (Å²) >= 11 is 1.57. The molecule has 1 atom stereocenters. The second-order valence-corrected chi connectivity index (χ2v) is 4.83. The number of phenols is 1. The SMILES string of the molecule is CC(NCCc1cscn1)c1cc(F)ccc1O. The molecule has 1 aromatic heterocycles. The van der Waals surface area contributed by atoms with Crippen LogP contribution in [0.5, 0.6) is 5.75 Å². The van der Waals surface area contributed by atoms with Crippen LogP contribution in [0.2, 0.25) is 0 Å². The average molecular weight is 266 g/mol. The van der Waals surface area contributed by atoms with Crippen LogP contribution in [0.25, 0.3) is 0 Å². The number of hydrogen-bond acceptors (Lipinski definition) is 4. The van der Waals surface area contributed by atoms with Crippen LogP contribution >= 0.6 is 11.3 Å². The number of aromatic hydroxyl groups is 1. The molecule has 3 nitrogen and oxygen atoms in total. The van der Waals surface area contributed by atoms with Crippen LogP contribution in [0, 0.1) is 5.82 Å². The molecule has 0 radical (unpaired) electrons. The van der Waals surface area contributed by atoms with Gasteiger partial charge >= 0.3 is 0 Å². The molecule has 5 heteroatoms. The highest BCUT2D eigenvalue weighted by Crippen LogP contribution is 2.24. The highest BCUT2D eigenvalue weighted by Gasteiger charge is 2.10. The number of aromatic nitrogens is 1. The number of rotatable bonds is 5. The summed E-state index contributed by atoms with van der Waals surface area (Å²) in [6.45, 7) is 2.64. The van der Waals surface area contributed by atoms with Crippen molar-refractivity contribution in [2.45, 2.75) is 19.4 Å². The number of benzene rings is 1. The molecule has 2 rings (SSSR count). The van der Waals surface area contributed by atoms with Gasteiger partial charge in [0.2, 0.25) is 0 Å². The van der Waals surface area contributed by atoms with Crippen LogP contribution in [0.3, 0.4) is 0 Å². The lowest BCUT2D eigenvalue weighted by atomic mass is 10.1. The van der Waals surface area contributed by atoms with Crippen LogP contribution in [0.4, 0.5) is 4.39 Å². The smallest absolute Gasteiger partial charge is 0.123 e. The molecule has 18 heavy (non-hydrogen) atoms. The van der Waals surface area contributed by atoms with E-state index in [2.05, 4.69) is 10.3 Å². The number of nitrogens with zero attached hydrogens (tertiary/aromatic N) is 1. The molecule has 1 aromatic carbocycles. The Labute approximate surface area is 109 Å². The summed E-state index contributed by atoms with van der Waals surface area (Å²) in [5, 5.41) is 14.9. The summed E-state index contributed by atoms with van der Waals surface area (Å²) in [4.78, 5) is 4.19. The summed E-state index contributed by atoms with van der Waals surface area (Å²) in [6, 6.07) is 3.89. The summed E-state index contributed by atoms with van der Waals surface area (Å²) < 4.78 is 13.1. The van der Waals surface area contributed by atoms with E-state index in [4.69, 9.17) is 0 Å². The van der Waals surface area contributed by atoms with Gasteiger partial charge < -0.3 is 10.4 Å². The zero-order chi connectivity index (χ0) is 13.0.